The summed E-state index contributed by atoms with van der Waals surface area (Å²) in [4.78, 5) is 11.4. The van der Waals surface area contributed by atoms with Gasteiger partial charge in [0.2, 0.25) is 5.91 Å². The van der Waals surface area contributed by atoms with Crippen molar-refractivity contribution >= 4 is 23.2 Å². The van der Waals surface area contributed by atoms with Gasteiger partial charge in [-0.3, -0.25) is 9.48 Å². The number of hydrogen-bond acceptors (Lipinski definition) is 2. The van der Waals surface area contributed by atoms with Gasteiger partial charge in [-0.25, -0.2) is 0 Å². The molecule has 0 radical (unpaired) electrons. The Kier molecular flexibility index (Phi) is 4.15. The zero-order valence-corrected chi connectivity index (χ0v) is 10.0. The molecular weight excluding hydrogens is 214 g/mol. The molecule has 1 aromatic rings. The van der Waals surface area contributed by atoms with E-state index in [2.05, 4.69) is 10.4 Å². The number of carbonyl (C=O) groups excluding carboxylic acids is 1. The molecule has 0 spiro atoms. The first-order valence-electron chi connectivity index (χ1n) is 4.94. The largest absolute Gasteiger partial charge is 0.323 e. The van der Waals surface area contributed by atoms with Crippen LogP contribution in [0.4, 0.5) is 5.69 Å². The first-order chi connectivity index (χ1) is 7.04. The van der Waals surface area contributed by atoms with Crippen molar-refractivity contribution in [3.05, 3.63) is 11.9 Å². The van der Waals surface area contributed by atoms with Gasteiger partial charge in [0.15, 0.2) is 0 Å². The highest BCUT2D eigenvalue weighted by Gasteiger charge is 2.13. The molecule has 0 saturated heterocycles. The van der Waals surface area contributed by atoms with E-state index in [-0.39, 0.29) is 11.8 Å². The monoisotopic (exact) mass is 229 g/mol. The fourth-order valence-corrected chi connectivity index (χ4v) is 1.50. The summed E-state index contributed by atoms with van der Waals surface area (Å²) in [6.45, 7) is 4.08. The van der Waals surface area contributed by atoms with Gasteiger partial charge in [-0.1, -0.05) is 13.8 Å². The number of hydrogen-bond donors (Lipinski definition) is 1. The highest BCUT2D eigenvalue weighted by molar-refractivity contribution is 6.19. The van der Waals surface area contributed by atoms with Gasteiger partial charge in [0.05, 0.1) is 11.4 Å². The minimum absolute atomic E-state index is 0.0695. The first-order valence-corrected chi connectivity index (χ1v) is 5.47. The third-order valence-electron chi connectivity index (χ3n) is 2.00. The lowest BCUT2D eigenvalue weighted by Crippen LogP contribution is -2.12. The van der Waals surface area contributed by atoms with Gasteiger partial charge < -0.3 is 5.32 Å². The van der Waals surface area contributed by atoms with E-state index in [0.717, 1.165) is 11.4 Å². The number of aromatic nitrogens is 2. The Bertz CT molecular complexity index is 346. The lowest BCUT2D eigenvalue weighted by Gasteiger charge is -2.05. The third-order valence-corrected chi connectivity index (χ3v) is 2.19. The van der Waals surface area contributed by atoms with Crippen LogP contribution in [0.15, 0.2) is 6.20 Å². The Labute approximate surface area is 94.6 Å². The Morgan fingerprint density at radius 3 is 2.87 bits per heavy atom. The summed E-state index contributed by atoms with van der Waals surface area (Å²) in [5.74, 6) is 0.556. The number of aryl methyl sites for hydroxylation is 1. The van der Waals surface area contributed by atoms with Crippen molar-refractivity contribution in [1.29, 1.82) is 0 Å². The van der Waals surface area contributed by atoms with Crippen LogP contribution in [0.3, 0.4) is 0 Å². The summed E-state index contributed by atoms with van der Waals surface area (Å²) in [5.41, 5.74) is 1.68. The van der Waals surface area contributed by atoms with Crippen LogP contribution >= 0.6 is 11.6 Å². The Morgan fingerprint density at radius 2 is 2.33 bits per heavy atom. The average Bonchev–Trinajstić information content (AvgIpc) is 2.47. The van der Waals surface area contributed by atoms with Crippen LogP contribution in [0.5, 0.6) is 0 Å². The Balaban J connectivity index is 2.79. The number of anilines is 1. The summed E-state index contributed by atoms with van der Waals surface area (Å²) in [6, 6.07) is 0. The number of nitrogens with zero attached hydrogens (tertiary/aromatic N) is 2. The van der Waals surface area contributed by atoms with Gasteiger partial charge in [-0.15, -0.1) is 11.6 Å². The molecule has 0 saturated carbocycles. The van der Waals surface area contributed by atoms with Gasteiger partial charge in [0.1, 0.15) is 0 Å². The van der Waals surface area contributed by atoms with Crippen LogP contribution < -0.4 is 5.32 Å². The molecule has 5 heteroatoms. The van der Waals surface area contributed by atoms with Crippen molar-refractivity contribution in [3.8, 4) is 0 Å². The number of amides is 1. The zero-order chi connectivity index (χ0) is 11.4. The van der Waals surface area contributed by atoms with Crippen molar-refractivity contribution in [3.63, 3.8) is 0 Å². The molecule has 1 amide bonds. The maximum Gasteiger partial charge on any atom is 0.225 e. The molecule has 1 rings (SSSR count). The number of alkyl halides is 1. The maximum absolute atomic E-state index is 11.4. The number of carbonyl (C=O) groups is 1. The van der Waals surface area contributed by atoms with Crippen LogP contribution in [-0.2, 0) is 11.8 Å². The van der Waals surface area contributed by atoms with Crippen LogP contribution in [0, 0.1) is 0 Å². The maximum atomic E-state index is 11.4. The van der Waals surface area contributed by atoms with E-state index in [4.69, 9.17) is 11.6 Å². The van der Waals surface area contributed by atoms with Crippen molar-refractivity contribution in [2.75, 3.05) is 11.2 Å². The fourth-order valence-electron chi connectivity index (χ4n) is 1.33. The topological polar surface area (TPSA) is 46.9 Å². The van der Waals surface area contributed by atoms with Crippen LogP contribution in [0.2, 0.25) is 0 Å². The van der Waals surface area contributed by atoms with Crippen LogP contribution in [-0.4, -0.2) is 21.6 Å². The van der Waals surface area contributed by atoms with Gasteiger partial charge in [-0.05, 0) is 5.92 Å². The molecule has 0 aromatic carbocycles. The van der Waals surface area contributed by atoms with E-state index in [1.807, 2.05) is 27.1 Å². The van der Waals surface area contributed by atoms with Crippen molar-refractivity contribution in [2.45, 2.75) is 26.2 Å². The summed E-state index contributed by atoms with van der Waals surface area (Å²) >= 11 is 5.49. The molecule has 0 aliphatic carbocycles. The second-order valence-corrected chi connectivity index (χ2v) is 4.12. The molecule has 0 atom stereocenters. The zero-order valence-electron chi connectivity index (χ0n) is 9.25. The summed E-state index contributed by atoms with van der Waals surface area (Å²) in [6.07, 6.45) is 2.13. The Hall–Kier alpha value is -1.03. The van der Waals surface area contributed by atoms with Gasteiger partial charge in [-0.2, -0.15) is 5.10 Å². The number of nitrogens with one attached hydrogen (secondary N) is 1. The summed E-state index contributed by atoms with van der Waals surface area (Å²) in [7, 11) is 1.84. The Morgan fingerprint density at radius 1 is 1.67 bits per heavy atom. The number of rotatable bonds is 4. The van der Waals surface area contributed by atoms with E-state index < -0.39 is 0 Å². The molecule has 1 N–H and O–H groups in total. The van der Waals surface area contributed by atoms with Gasteiger partial charge in [0.25, 0.3) is 0 Å². The summed E-state index contributed by atoms with van der Waals surface area (Å²) in [5, 5.41) is 7.10. The normalized spacial score (nSPS) is 10.7. The van der Waals surface area contributed by atoms with Crippen molar-refractivity contribution in [1.82, 2.24) is 9.78 Å². The second kappa shape index (κ2) is 5.16. The van der Waals surface area contributed by atoms with Crippen molar-refractivity contribution < 1.29 is 4.79 Å². The second-order valence-electron chi connectivity index (χ2n) is 3.74. The molecule has 0 aliphatic rings. The molecule has 15 heavy (non-hydrogen) atoms. The standard InChI is InChI=1S/C10H16ClN3O/c1-7(2)10-8(6-14(3)13-10)12-9(15)4-5-11/h6-7H,4-5H2,1-3H3,(H,12,15). The molecular formula is C10H16ClN3O. The van der Waals surface area contributed by atoms with E-state index >= 15 is 0 Å². The molecule has 0 unspecified atom stereocenters. The lowest BCUT2D eigenvalue weighted by atomic mass is 10.1. The fraction of sp³-hybridized carbons (Fsp3) is 0.600. The van der Waals surface area contributed by atoms with E-state index in [9.17, 15) is 4.79 Å². The minimum atomic E-state index is -0.0695. The molecule has 0 fully saturated rings. The minimum Gasteiger partial charge on any atom is -0.323 e. The molecule has 0 aliphatic heterocycles. The predicted molar refractivity (Wildman–Crippen MR) is 61.3 cm³/mol. The van der Waals surface area contributed by atoms with Gasteiger partial charge >= 0.3 is 0 Å². The lowest BCUT2D eigenvalue weighted by molar-refractivity contribution is -0.115. The van der Waals surface area contributed by atoms with E-state index in [0.29, 0.717) is 12.3 Å². The molecule has 1 aromatic heterocycles. The number of halogens is 1. The van der Waals surface area contributed by atoms with Crippen molar-refractivity contribution in [2.24, 2.45) is 7.05 Å². The third kappa shape index (κ3) is 3.23. The molecule has 1 heterocycles. The van der Waals surface area contributed by atoms with Crippen LogP contribution in [0.25, 0.3) is 0 Å². The summed E-state index contributed by atoms with van der Waals surface area (Å²) < 4.78 is 1.70. The quantitative estimate of drug-likeness (QED) is 0.804. The van der Waals surface area contributed by atoms with E-state index in [1.54, 1.807) is 4.68 Å². The SMILES string of the molecule is CC(C)c1nn(C)cc1NC(=O)CCCl. The molecule has 4 nitrogen and oxygen atoms in total. The van der Waals surface area contributed by atoms with Gasteiger partial charge in [0, 0.05) is 25.5 Å². The molecule has 84 valence electrons. The average molecular weight is 230 g/mol. The first kappa shape index (κ1) is 12.0. The smallest absolute Gasteiger partial charge is 0.225 e. The van der Waals surface area contributed by atoms with E-state index in [1.165, 1.54) is 0 Å². The highest BCUT2D eigenvalue weighted by Crippen LogP contribution is 2.21. The highest BCUT2D eigenvalue weighted by atomic mass is 35.5. The van der Waals surface area contributed by atoms with Crippen LogP contribution in [0.1, 0.15) is 31.9 Å². The molecule has 0 bridgehead atoms. The predicted octanol–water partition coefficient (Wildman–Crippen LogP) is 2.11.